The van der Waals surface area contributed by atoms with Gasteiger partial charge < -0.3 is 10.1 Å². The molecule has 0 aliphatic rings. The van der Waals surface area contributed by atoms with Crippen LogP contribution in [-0.4, -0.2) is 26.6 Å². The third kappa shape index (κ3) is 4.98. The van der Waals surface area contributed by atoms with E-state index in [2.05, 4.69) is 15.4 Å². The van der Waals surface area contributed by atoms with Gasteiger partial charge in [-0.05, 0) is 56.2 Å². The van der Waals surface area contributed by atoms with Gasteiger partial charge in [0.05, 0.1) is 11.9 Å². The normalized spacial score (nSPS) is 11.6. The Morgan fingerprint density at radius 3 is 2.30 bits per heavy atom. The lowest BCUT2D eigenvalue weighted by Gasteiger charge is -2.18. The van der Waals surface area contributed by atoms with E-state index in [4.69, 9.17) is 4.74 Å². The topological polar surface area (TPSA) is 86.1 Å². The molecule has 0 saturated heterocycles. The van der Waals surface area contributed by atoms with Crippen LogP contribution in [0.3, 0.4) is 0 Å². The number of rotatable bonds is 6. The fraction of sp³-hybridized carbons (Fsp3) is 0.154. The quantitative estimate of drug-likeness (QED) is 0.438. The summed E-state index contributed by atoms with van der Waals surface area (Å²) in [5.41, 5.74) is 4.10. The van der Waals surface area contributed by atoms with Crippen LogP contribution in [0.5, 0.6) is 0 Å². The minimum atomic E-state index is -1.13. The molecule has 166 valence electrons. The van der Waals surface area contributed by atoms with Gasteiger partial charge in [0.15, 0.2) is 5.82 Å². The first kappa shape index (κ1) is 22.0. The Morgan fingerprint density at radius 1 is 0.939 bits per heavy atom. The number of esters is 1. The summed E-state index contributed by atoms with van der Waals surface area (Å²) in [6.45, 7) is 5.67. The van der Waals surface area contributed by atoms with Crippen molar-refractivity contribution in [2.45, 2.75) is 26.9 Å². The molecule has 0 fully saturated rings. The van der Waals surface area contributed by atoms with E-state index in [9.17, 15) is 9.59 Å². The van der Waals surface area contributed by atoms with Crippen LogP contribution in [0.15, 0.2) is 79.1 Å². The molecule has 33 heavy (non-hydrogen) atoms. The average molecular weight is 441 g/mol. The molecule has 1 N–H and O–H groups in total. The molecular weight excluding hydrogens is 416 g/mol. The van der Waals surface area contributed by atoms with Crippen LogP contribution in [0.2, 0.25) is 0 Å². The number of ether oxygens (including phenoxy) is 1. The summed E-state index contributed by atoms with van der Waals surface area (Å²) in [6.07, 6.45) is 1.95. The number of carbonyl (C=O) groups is 2. The zero-order valence-electron chi connectivity index (χ0n) is 18.6. The van der Waals surface area contributed by atoms with Gasteiger partial charge in [0.25, 0.3) is 5.91 Å². The Morgan fingerprint density at radius 2 is 1.64 bits per heavy atom. The maximum absolute atomic E-state index is 13.2. The number of anilines is 1. The molecule has 2 aromatic heterocycles. The molecule has 0 radical (unpaired) electrons. The van der Waals surface area contributed by atoms with Gasteiger partial charge in [-0.3, -0.25) is 4.79 Å². The van der Waals surface area contributed by atoms with E-state index in [1.54, 1.807) is 54.2 Å². The average Bonchev–Trinajstić information content (AvgIpc) is 3.19. The number of carbonyl (C=O) groups excluding carboxylic acids is 2. The summed E-state index contributed by atoms with van der Waals surface area (Å²) >= 11 is 0. The largest absolute Gasteiger partial charge is 0.444 e. The summed E-state index contributed by atoms with van der Waals surface area (Å²) in [4.78, 5) is 30.5. The van der Waals surface area contributed by atoms with Gasteiger partial charge in [-0.1, -0.05) is 42.5 Å². The van der Waals surface area contributed by atoms with Crippen molar-refractivity contribution in [3.05, 3.63) is 107 Å². The molecule has 0 spiro atoms. The highest BCUT2D eigenvalue weighted by Crippen LogP contribution is 2.24. The Hall–Kier alpha value is -4.26. The third-order valence-corrected chi connectivity index (χ3v) is 5.15. The predicted molar refractivity (Wildman–Crippen MR) is 125 cm³/mol. The lowest BCUT2D eigenvalue weighted by atomic mass is 10.1. The first-order valence-corrected chi connectivity index (χ1v) is 10.5. The lowest BCUT2D eigenvalue weighted by molar-refractivity contribution is -0.125. The fourth-order valence-electron chi connectivity index (χ4n) is 3.65. The van der Waals surface area contributed by atoms with Crippen molar-refractivity contribution in [3.63, 3.8) is 0 Å². The van der Waals surface area contributed by atoms with Crippen molar-refractivity contribution in [1.29, 1.82) is 0 Å². The molecule has 0 bridgehead atoms. The Bertz CT molecular complexity index is 1260. The number of pyridine rings is 1. The molecule has 4 rings (SSSR count). The van der Waals surface area contributed by atoms with E-state index in [1.165, 1.54) is 6.20 Å². The summed E-state index contributed by atoms with van der Waals surface area (Å²) in [7, 11) is 0. The van der Waals surface area contributed by atoms with Gasteiger partial charge in [0, 0.05) is 17.4 Å². The minimum absolute atomic E-state index is 0.265. The van der Waals surface area contributed by atoms with Crippen LogP contribution in [0, 0.1) is 20.8 Å². The monoisotopic (exact) mass is 440 g/mol. The van der Waals surface area contributed by atoms with Crippen molar-refractivity contribution < 1.29 is 14.3 Å². The maximum Gasteiger partial charge on any atom is 0.342 e. The number of hydrogen-bond donors (Lipinski definition) is 1. The number of hydrogen-bond acceptors (Lipinski definition) is 5. The molecular formula is C26H24N4O3. The number of nitrogens with one attached hydrogen (secondary N) is 1. The second-order valence-corrected chi connectivity index (χ2v) is 7.81. The first-order valence-electron chi connectivity index (χ1n) is 10.5. The van der Waals surface area contributed by atoms with Crippen molar-refractivity contribution in [3.8, 4) is 5.82 Å². The van der Waals surface area contributed by atoms with Crippen LogP contribution in [0.4, 0.5) is 5.69 Å². The van der Waals surface area contributed by atoms with Crippen LogP contribution in [0.25, 0.3) is 5.82 Å². The van der Waals surface area contributed by atoms with Gasteiger partial charge in [-0.15, -0.1) is 0 Å². The first-order chi connectivity index (χ1) is 15.9. The van der Waals surface area contributed by atoms with E-state index < -0.39 is 18.0 Å². The maximum atomic E-state index is 13.2. The van der Waals surface area contributed by atoms with Gasteiger partial charge >= 0.3 is 5.97 Å². The van der Waals surface area contributed by atoms with Crippen LogP contribution in [-0.2, 0) is 9.53 Å². The SMILES string of the molecule is Cc1cc(C)cc(NC(=O)C(OC(=O)c2cnn(-c3ccccn3)c2C)c2ccccc2)c1. The van der Waals surface area contributed by atoms with Gasteiger partial charge in [-0.2, -0.15) is 5.10 Å². The van der Waals surface area contributed by atoms with Crippen LogP contribution >= 0.6 is 0 Å². The summed E-state index contributed by atoms with van der Waals surface area (Å²) in [6, 6.07) is 20.1. The second-order valence-electron chi connectivity index (χ2n) is 7.81. The minimum Gasteiger partial charge on any atom is -0.444 e. The molecule has 1 amide bonds. The molecule has 1 atom stereocenters. The highest BCUT2D eigenvalue weighted by atomic mass is 16.5. The highest BCUT2D eigenvalue weighted by Gasteiger charge is 2.28. The van der Waals surface area contributed by atoms with E-state index in [-0.39, 0.29) is 5.56 Å². The molecule has 0 aliphatic carbocycles. The smallest absolute Gasteiger partial charge is 0.342 e. The number of amides is 1. The van der Waals surface area contributed by atoms with E-state index in [1.807, 2.05) is 44.2 Å². The number of aryl methyl sites for hydroxylation is 2. The van der Waals surface area contributed by atoms with Crippen LogP contribution < -0.4 is 5.32 Å². The number of aromatic nitrogens is 3. The highest BCUT2D eigenvalue weighted by molar-refractivity contribution is 5.98. The van der Waals surface area contributed by atoms with Crippen LogP contribution in [0.1, 0.15) is 38.8 Å². The third-order valence-electron chi connectivity index (χ3n) is 5.15. The van der Waals surface area contributed by atoms with Crippen molar-refractivity contribution >= 4 is 17.6 Å². The van der Waals surface area contributed by atoms with Gasteiger partial charge in [0.2, 0.25) is 6.10 Å². The lowest BCUT2D eigenvalue weighted by Crippen LogP contribution is -2.26. The zero-order valence-corrected chi connectivity index (χ0v) is 18.6. The zero-order chi connectivity index (χ0) is 23.4. The number of nitrogens with zero attached hydrogens (tertiary/aromatic N) is 3. The van der Waals surface area contributed by atoms with Crippen molar-refractivity contribution in [2.75, 3.05) is 5.32 Å². The van der Waals surface area contributed by atoms with Crippen molar-refractivity contribution in [1.82, 2.24) is 14.8 Å². The second kappa shape index (κ2) is 9.48. The summed E-state index contributed by atoms with van der Waals surface area (Å²) < 4.78 is 7.28. The standard InChI is InChI=1S/C26H24N4O3/c1-17-13-18(2)15-21(14-17)29-25(31)24(20-9-5-4-6-10-20)33-26(32)22-16-28-30(19(22)3)23-11-7-8-12-27-23/h4-16,24H,1-3H3,(H,29,31). The molecule has 2 heterocycles. The fourth-order valence-corrected chi connectivity index (χ4v) is 3.65. The summed E-state index contributed by atoms with van der Waals surface area (Å²) in [5.74, 6) is -0.491. The number of benzene rings is 2. The Kier molecular flexibility index (Phi) is 6.31. The molecule has 2 aromatic carbocycles. The predicted octanol–water partition coefficient (Wildman–Crippen LogP) is 4.73. The molecule has 1 unspecified atom stereocenters. The molecule has 0 aliphatic heterocycles. The van der Waals surface area contributed by atoms with Gasteiger partial charge in [-0.25, -0.2) is 14.5 Å². The van der Waals surface area contributed by atoms with Gasteiger partial charge in [0.1, 0.15) is 5.56 Å². The molecule has 4 aromatic rings. The Balaban J connectivity index is 1.60. The Labute approximate surface area is 192 Å². The summed E-state index contributed by atoms with van der Waals surface area (Å²) in [5, 5.41) is 7.15. The van der Waals surface area contributed by atoms with Crippen molar-refractivity contribution in [2.24, 2.45) is 0 Å². The van der Waals surface area contributed by atoms with E-state index >= 15 is 0 Å². The molecule has 0 saturated carbocycles. The molecule has 7 heteroatoms. The van der Waals surface area contributed by atoms with E-state index in [0.717, 1.165) is 11.1 Å². The molecule has 7 nitrogen and oxygen atoms in total. The van der Waals surface area contributed by atoms with E-state index in [0.29, 0.717) is 22.8 Å².